The first-order valence-corrected chi connectivity index (χ1v) is 10.1. The molecule has 8 heteroatoms. The van der Waals surface area contributed by atoms with E-state index in [4.69, 9.17) is 4.74 Å². The Balaban J connectivity index is 1.76. The Bertz CT molecular complexity index is 653. The predicted molar refractivity (Wildman–Crippen MR) is 98.1 cm³/mol. The second-order valence-electron chi connectivity index (χ2n) is 6.18. The van der Waals surface area contributed by atoms with E-state index in [9.17, 15) is 13.2 Å². The molecular formula is C17H27N3O4S. The van der Waals surface area contributed by atoms with Gasteiger partial charge in [0.05, 0.1) is 12.4 Å². The minimum Gasteiger partial charge on any atom is -0.384 e. The summed E-state index contributed by atoms with van der Waals surface area (Å²) >= 11 is 0. The molecule has 1 N–H and O–H groups in total. The maximum Gasteiger partial charge on any atom is 0.221 e. The van der Waals surface area contributed by atoms with Gasteiger partial charge in [-0.1, -0.05) is 12.1 Å². The minimum atomic E-state index is -3.20. The molecule has 1 aromatic carbocycles. The van der Waals surface area contributed by atoms with Crippen LogP contribution >= 0.6 is 0 Å². The third-order valence-corrected chi connectivity index (χ3v) is 6.10. The summed E-state index contributed by atoms with van der Waals surface area (Å²) in [5, 5.41) is 2.75. The van der Waals surface area contributed by atoms with Crippen LogP contribution in [0.1, 0.15) is 12.5 Å². The van der Waals surface area contributed by atoms with E-state index in [2.05, 4.69) is 10.2 Å². The van der Waals surface area contributed by atoms with E-state index in [-0.39, 0.29) is 18.3 Å². The normalized spacial score (nSPS) is 16.7. The van der Waals surface area contributed by atoms with Crippen molar-refractivity contribution in [1.82, 2.24) is 9.21 Å². The Labute approximate surface area is 150 Å². The molecule has 7 nitrogen and oxygen atoms in total. The number of benzene rings is 1. The molecule has 1 fully saturated rings. The molecule has 0 spiro atoms. The van der Waals surface area contributed by atoms with Crippen LogP contribution in [0.2, 0.25) is 0 Å². The highest BCUT2D eigenvalue weighted by molar-refractivity contribution is 7.89. The lowest BCUT2D eigenvalue weighted by molar-refractivity contribution is -0.114. The van der Waals surface area contributed by atoms with Gasteiger partial charge in [-0.3, -0.25) is 4.79 Å². The number of carbonyl (C=O) groups excluding carboxylic acids is 1. The Morgan fingerprint density at radius 3 is 2.36 bits per heavy atom. The van der Waals surface area contributed by atoms with Crippen molar-refractivity contribution < 1.29 is 17.9 Å². The van der Waals surface area contributed by atoms with Crippen molar-refractivity contribution in [3.05, 3.63) is 29.8 Å². The van der Waals surface area contributed by atoms with Gasteiger partial charge in [-0.05, 0) is 24.1 Å². The number of methoxy groups -OCH3 is 1. The summed E-state index contributed by atoms with van der Waals surface area (Å²) in [4.78, 5) is 13.3. The van der Waals surface area contributed by atoms with Crippen LogP contribution in [0.25, 0.3) is 0 Å². The van der Waals surface area contributed by atoms with Crippen LogP contribution in [0.5, 0.6) is 0 Å². The van der Waals surface area contributed by atoms with Crippen molar-refractivity contribution in [2.75, 3.05) is 57.5 Å². The van der Waals surface area contributed by atoms with Crippen LogP contribution in [-0.2, 0) is 26.0 Å². The second-order valence-corrected chi connectivity index (χ2v) is 8.27. The molecule has 0 aliphatic carbocycles. The summed E-state index contributed by atoms with van der Waals surface area (Å²) in [7, 11) is -1.69. The average Bonchev–Trinajstić information content (AvgIpc) is 2.59. The van der Waals surface area contributed by atoms with Gasteiger partial charge >= 0.3 is 0 Å². The molecule has 25 heavy (non-hydrogen) atoms. The van der Waals surface area contributed by atoms with Gasteiger partial charge in [-0.15, -0.1) is 0 Å². The van der Waals surface area contributed by atoms with Gasteiger partial charge in [0.25, 0.3) is 0 Å². The lowest BCUT2D eigenvalue weighted by atomic mass is 10.1. The van der Waals surface area contributed by atoms with Crippen molar-refractivity contribution in [2.45, 2.75) is 13.3 Å². The van der Waals surface area contributed by atoms with Gasteiger partial charge in [0, 0.05) is 52.4 Å². The number of carbonyl (C=O) groups is 1. The summed E-state index contributed by atoms with van der Waals surface area (Å²) in [5.41, 5.74) is 2.00. The molecule has 0 bridgehead atoms. The largest absolute Gasteiger partial charge is 0.384 e. The first kappa shape index (κ1) is 19.8. The minimum absolute atomic E-state index is 0.0458. The molecule has 1 heterocycles. The van der Waals surface area contributed by atoms with Crippen molar-refractivity contribution in [2.24, 2.45) is 0 Å². The number of piperazine rings is 1. The molecule has 140 valence electrons. The van der Waals surface area contributed by atoms with E-state index < -0.39 is 10.0 Å². The third kappa shape index (κ3) is 6.39. The average molecular weight is 369 g/mol. The standard InChI is InChI=1S/C17H27N3O4S/c1-15(21)18-17-5-3-16(4-6-17)7-8-19-9-11-20(12-10-19)25(22,23)14-13-24-2/h3-6H,7-14H2,1-2H3,(H,18,21). The molecule has 1 aliphatic heterocycles. The number of amides is 1. The van der Waals surface area contributed by atoms with E-state index in [1.807, 2.05) is 24.3 Å². The molecule has 0 aromatic heterocycles. The quantitative estimate of drug-likeness (QED) is 0.733. The zero-order valence-electron chi connectivity index (χ0n) is 14.9. The number of sulfonamides is 1. The number of hydrogen-bond donors (Lipinski definition) is 1. The molecule has 1 amide bonds. The third-order valence-electron chi connectivity index (χ3n) is 4.26. The summed E-state index contributed by atoms with van der Waals surface area (Å²) in [6.45, 7) is 5.18. The maximum absolute atomic E-state index is 12.1. The van der Waals surface area contributed by atoms with Gasteiger partial charge in [0.1, 0.15) is 0 Å². The van der Waals surface area contributed by atoms with E-state index in [1.165, 1.54) is 19.6 Å². The van der Waals surface area contributed by atoms with Gasteiger partial charge in [0.2, 0.25) is 15.9 Å². The van der Waals surface area contributed by atoms with Crippen LogP contribution in [0.15, 0.2) is 24.3 Å². The van der Waals surface area contributed by atoms with Crippen molar-refractivity contribution in [3.63, 3.8) is 0 Å². The Morgan fingerprint density at radius 1 is 1.16 bits per heavy atom. The molecule has 0 atom stereocenters. The first-order valence-electron chi connectivity index (χ1n) is 8.46. The Kier molecular flexibility index (Phi) is 7.37. The fourth-order valence-corrected chi connectivity index (χ4v) is 4.15. The molecular weight excluding hydrogens is 342 g/mol. The van der Waals surface area contributed by atoms with Gasteiger partial charge in [-0.2, -0.15) is 4.31 Å². The summed E-state index contributed by atoms with van der Waals surface area (Å²) in [6.07, 6.45) is 0.900. The monoisotopic (exact) mass is 369 g/mol. The predicted octanol–water partition coefficient (Wildman–Crippen LogP) is 0.781. The van der Waals surface area contributed by atoms with Crippen LogP contribution in [0, 0.1) is 0 Å². The van der Waals surface area contributed by atoms with Crippen molar-refractivity contribution in [1.29, 1.82) is 0 Å². The van der Waals surface area contributed by atoms with Gasteiger partial charge < -0.3 is 15.0 Å². The molecule has 2 rings (SSSR count). The summed E-state index contributed by atoms with van der Waals surface area (Å²) < 4.78 is 30.7. The zero-order chi connectivity index (χ0) is 18.3. The second kappa shape index (κ2) is 9.28. The highest BCUT2D eigenvalue weighted by Gasteiger charge is 2.26. The smallest absolute Gasteiger partial charge is 0.221 e. The molecule has 0 unspecified atom stereocenters. The molecule has 0 saturated carbocycles. The Hall–Kier alpha value is -1.48. The van der Waals surface area contributed by atoms with E-state index in [1.54, 1.807) is 4.31 Å². The van der Waals surface area contributed by atoms with Crippen LogP contribution < -0.4 is 5.32 Å². The van der Waals surface area contributed by atoms with E-state index in [0.29, 0.717) is 13.1 Å². The Morgan fingerprint density at radius 2 is 1.80 bits per heavy atom. The fraction of sp³-hybridized carbons (Fsp3) is 0.588. The zero-order valence-corrected chi connectivity index (χ0v) is 15.7. The van der Waals surface area contributed by atoms with Gasteiger partial charge in [-0.25, -0.2) is 8.42 Å². The molecule has 1 saturated heterocycles. The van der Waals surface area contributed by atoms with Crippen molar-refractivity contribution in [3.8, 4) is 0 Å². The number of nitrogens with one attached hydrogen (secondary N) is 1. The number of rotatable bonds is 8. The van der Waals surface area contributed by atoms with Crippen LogP contribution in [0.3, 0.4) is 0 Å². The number of anilines is 1. The highest BCUT2D eigenvalue weighted by atomic mass is 32.2. The first-order chi connectivity index (χ1) is 11.9. The van der Waals surface area contributed by atoms with Crippen LogP contribution in [-0.4, -0.2) is 75.7 Å². The molecule has 1 aromatic rings. The van der Waals surface area contributed by atoms with Crippen LogP contribution in [0.4, 0.5) is 5.69 Å². The topological polar surface area (TPSA) is 79.0 Å². The lowest BCUT2D eigenvalue weighted by Gasteiger charge is -2.34. The summed E-state index contributed by atoms with van der Waals surface area (Å²) in [6, 6.07) is 7.82. The number of ether oxygens (including phenoxy) is 1. The number of hydrogen-bond acceptors (Lipinski definition) is 5. The fourth-order valence-electron chi connectivity index (χ4n) is 2.79. The summed E-state index contributed by atoms with van der Waals surface area (Å²) in [5.74, 6) is -0.0319. The van der Waals surface area contributed by atoms with Gasteiger partial charge in [0.15, 0.2) is 0 Å². The van der Waals surface area contributed by atoms with E-state index >= 15 is 0 Å². The number of nitrogens with zero attached hydrogens (tertiary/aromatic N) is 2. The van der Waals surface area contributed by atoms with Crippen molar-refractivity contribution >= 4 is 21.6 Å². The van der Waals surface area contributed by atoms with E-state index in [0.717, 1.165) is 31.7 Å². The SMILES string of the molecule is COCCS(=O)(=O)N1CCN(CCc2ccc(NC(C)=O)cc2)CC1. The lowest BCUT2D eigenvalue weighted by Crippen LogP contribution is -2.49. The maximum atomic E-state index is 12.1. The molecule has 0 radical (unpaired) electrons. The highest BCUT2D eigenvalue weighted by Crippen LogP contribution is 2.12. The molecule has 1 aliphatic rings.